The average molecular weight is 229 g/mol. The van der Waals surface area contributed by atoms with Crippen LogP contribution >= 0.6 is 0 Å². The number of aliphatic imine (C=N–C) groups is 1. The Morgan fingerprint density at radius 1 is 1.35 bits per heavy atom. The molecule has 2 aliphatic rings. The van der Waals surface area contributed by atoms with E-state index in [-0.39, 0.29) is 0 Å². The first-order valence-corrected chi connectivity index (χ1v) is 5.77. The average Bonchev–Trinajstić information content (AvgIpc) is 2.91. The maximum Gasteiger partial charge on any atom is 0.119 e. The van der Waals surface area contributed by atoms with Gasteiger partial charge in [-0.2, -0.15) is 0 Å². The van der Waals surface area contributed by atoms with Gasteiger partial charge >= 0.3 is 0 Å². The Morgan fingerprint density at radius 2 is 2.29 bits per heavy atom. The van der Waals surface area contributed by atoms with E-state index in [9.17, 15) is 0 Å². The van der Waals surface area contributed by atoms with Gasteiger partial charge in [-0.25, -0.2) is 5.43 Å². The first-order valence-electron chi connectivity index (χ1n) is 5.77. The van der Waals surface area contributed by atoms with Crippen LogP contribution < -0.4 is 10.2 Å². The van der Waals surface area contributed by atoms with Gasteiger partial charge in [-0.15, -0.1) is 0 Å². The van der Waals surface area contributed by atoms with E-state index in [0.717, 1.165) is 18.6 Å². The van der Waals surface area contributed by atoms with E-state index < -0.39 is 0 Å². The number of hydrogen-bond donors (Lipinski definition) is 1. The highest BCUT2D eigenvalue weighted by Gasteiger charge is 2.16. The van der Waals surface area contributed by atoms with Crippen molar-refractivity contribution in [1.82, 2.24) is 10.4 Å². The summed E-state index contributed by atoms with van der Waals surface area (Å²) in [5, 5.41) is 2.00. The highest BCUT2D eigenvalue weighted by atomic mass is 16.5. The van der Waals surface area contributed by atoms with Crippen molar-refractivity contribution in [2.45, 2.75) is 12.8 Å². The Morgan fingerprint density at radius 3 is 3.06 bits per heavy atom. The van der Waals surface area contributed by atoms with Crippen molar-refractivity contribution in [2.24, 2.45) is 4.99 Å². The van der Waals surface area contributed by atoms with Crippen LogP contribution in [0.2, 0.25) is 0 Å². The molecular weight excluding hydrogens is 214 g/mol. The lowest BCUT2D eigenvalue weighted by molar-refractivity contribution is 0.410. The zero-order valence-corrected chi connectivity index (χ0v) is 9.81. The molecule has 1 aromatic rings. The van der Waals surface area contributed by atoms with Crippen molar-refractivity contribution < 1.29 is 4.74 Å². The number of methoxy groups -OCH3 is 1. The summed E-state index contributed by atoms with van der Waals surface area (Å²) in [6.45, 7) is 0.669. The molecule has 4 nitrogen and oxygen atoms in total. The number of ether oxygens (including phenoxy) is 1. The standard InChI is InChI=1S/C13H15N3O/c1-17-13-5-3-10-2-4-12(6-11(10)7-13)16-9-14-8-15-16/h3,5-7,9,15H,2,4,8H2,1H3. The van der Waals surface area contributed by atoms with Gasteiger partial charge in [0.1, 0.15) is 18.8 Å². The quantitative estimate of drug-likeness (QED) is 0.840. The molecule has 0 unspecified atom stereocenters. The lowest BCUT2D eigenvalue weighted by Gasteiger charge is -2.23. The zero-order chi connectivity index (χ0) is 11.7. The number of aryl methyl sites for hydroxylation is 1. The molecule has 1 aliphatic carbocycles. The van der Waals surface area contributed by atoms with Crippen molar-refractivity contribution in [3.05, 3.63) is 35.0 Å². The lowest BCUT2D eigenvalue weighted by Crippen LogP contribution is -2.31. The lowest BCUT2D eigenvalue weighted by atomic mass is 9.95. The summed E-state index contributed by atoms with van der Waals surface area (Å²) in [7, 11) is 1.70. The van der Waals surface area contributed by atoms with E-state index in [4.69, 9.17) is 4.74 Å². The van der Waals surface area contributed by atoms with Crippen molar-refractivity contribution in [3.63, 3.8) is 0 Å². The minimum Gasteiger partial charge on any atom is -0.497 e. The molecule has 0 fully saturated rings. The van der Waals surface area contributed by atoms with Crippen LogP contribution in [0.4, 0.5) is 0 Å². The second-order valence-electron chi connectivity index (χ2n) is 4.18. The fourth-order valence-corrected chi connectivity index (χ4v) is 2.22. The second-order valence-corrected chi connectivity index (χ2v) is 4.18. The van der Waals surface area contributed by atoms with Crippen molar-refractivity contribution in [2.75, 3.05) is 13.8 Å². The topological polar surface area (TPSA) is 36.9 Å². The Kier molecular flexibility index (Phi) is 2.57. The van der Waals surface area contributed by atoms with E-state index in [1.807, 2.05) is 17.4 Å². The Hall–Kier alpha value is -1.81. The number of benzene rings is 1. The number of nitrogens with zero attached hydrogens (tertiary/aromatic N) is 2. The molecule has 1 aliphatic heterocycles. The number of rotatable bonds is 2. The van der Waals surface area contributed by atoms with Gasteiger partial charge in [-0.1, -0.05) is 6.07 Å². The molecule has 17 heavy (non-hydrogen) atoms. The van der Waals surface area contributed by atoms with E-state index >= 15 is 0 Å². The highest BCUT2D eigenvalue weighted by Crippen LogP contribution is 2.28. The van der Waals surface area contributed by atoms with Crippen LogP contribution in [0.25, 0.3) is 6.08 Å². The Bertz CT molecular complexity index is 493. The summed E-state index contributed by atoms with van der Waals surface area (Å²) in [6.07, 6.45) is 6.15. The molecule has 1 aromatic carbocycles. The summed E-state index contributed by atoms with van der Waals surface area (Å²) >= 11 is 0. The molecule has 0 spiro atoms. The normalized spacial score (nSPS) is 17.9. The second kappa shape index (κ2) is 4.22. The molecule has 1 N–H and O–H groups in total. The van der Waals surface area contributed by atoms with Crippen LogP contribution in [0.1, 0.15) is 17.5 Å². The van der Waals surface area contributed by atoms with E-state index in [1.54, 1.807) is 7.11 Å². The molecule has 0 amide bonds. The van der Waals surface area contributed by atoms with Gasteiger partial charge in [-0.05, 0) is 42.2 Å². The highest BCUT2D eigenvalue weighted by molar-refractivity contribution is 5.67. The Balaban J connectivity index is 1.94. The number of nitrogens with one attached hydrogen (secondary N) is 1. The third-order valence-corrected chi connectivity index (χ3v) is 3.16. The number of hydrogen-bond acceptors (Lipinski definition) is 4. The van der Waals surface area contributed by atoms with Crippen LogP contribution in [0.15, 0.2) is 28.9 Å². The van der Waals surface area contributed by atoms with Gasteiger partial charge in [0.25, 0.3) is 0 Å². The monoisotopic (exact) mass is 229 g/mol. The third kappa shape index (κ3) is 1.91. The molecule has 0 atom stereocenters. The van der Waals surface area contributed by atoms with Gasteiger partial charge in [-0.3, -0.25) is 10.0 Å². The minimum absolute atomic E-state index is 0.669. The fourth-order valence-electron chi connectivity index (χ4n) is 2.22. The van der Waals surface area contributed by atoms with Gasteiger partial charge in [0.2, 0.25) is 0 Å². The summed E-state index contributed by atoms with van der Waals surface area (Å²) < 4.78 is 5.26. The first kappa shape index (κ1) is 10.4. The van der Waals surface area contributed by atoms with Crippen molar-refractivity contribution in [3.8, 4) is 5.75 Å². The molecule has 0 saturated heterocycles. The summed E-state index contributed by atoms with van der Waals surface area (Å²) in [6, 6.07) is 6.25. The predicted molar refractivity (Wildman–Crippen MR) is 67.6 cm³/mol. The molecule has 1 heterocycles. The number of hydrazine groups is 1. The fraction of sp³-hybridized carbons (Fsp3) is 0.308. The van der Waals surface area contributed by atoms with E-state index in [1.165, 1.54) is 16.8 Å². The SMILES string of the molecule is COc1ccc2c(c1)C=C(N1C=NCN1)CC2. The van der Waals surface area contributed by atoms with E-state index in [2.05, 4.69) is 28.6 Å². The molecule has 88 valence electrons. The van der Waals surface area contributed by atoms with Crippen molar-refractivity contribution in [1.29, 1.82) is 0 Å². The predicted octanol–water partition coefficient (Wildman–Crippen LogP) is 1.79. The molecule has 3 rings (SSSR count). The van der Waals surface area contributed by atoms with Gasteiger partial charge in [0.15, 0.2) is 0 Å². The largest absolute Gasteiger partial charge is 0.497 e. The first-order chi connectivity index (χ1) is 8.36. The molecule has 0 saturated carbocycles. The van der Waals surface area contributed by atoms with Gasteiger partial charge in [0, 0.05) is 5.70 Å². The maximum atomic E-state index is 5.26. The van der Waals surface area contributed by atoms with Crippen LogP contribution in [0.3, 0.4) is 0 Å². The Labute approximate surface area is 101 Å². The van der Waals surface area contributed by atoms with Crippen LogP contribution in [-0.4, -0.2) is 25.1 Å². The van der Waals surface area contributed by atoms with Gasteiger partial charge < -0.3 is 4.74 Å². The maximum absolute atomic E-state index is 5.26. The number of allylic oxidation sites excluding steroid dienone is 1. The van der Waals surface area contributed by atoms with Crippen LogP contribution in [-0.2, 0) is 6.42 Å². The molecule has 4 heteroatoms. The molecule has 0 aromatic heterocycles. The summed E-state index contributed by atoms with van der Waals surface area (Å²) in [4.78, 5) is 4.15. The minimum atomic E-state index is 0.669. The zero-order valence-electron chi connectivity index (χ0n) is 9.81. The van der Waals surface area contributed by atoms with Crippen LogP contribution in [0, 0.1) is 0 Å². The van der Waals surface area contributed by atoms with Crippen LogP contribution in [0.5, 0.6) is 5.75 Å². The summed E-state index contributed by atoms with van der Waals surface area (Å²) in [5.41, 5.74) is 7.08. The third-order valence-electron chi connectivity index (χ3n) is 3.16. The van der Waals surface area contributed by atoms with Gasteiger partial charge in [0.05, 0.1) is 7.11 Å². The van der Waals surface area contributed by atoms with Crippen molar-refractivity contribution >= 4 is 12.4 Å². The molecular formula is C13H15N3O. The van der Waals surface area contributed by atoms with E-state index in [0.29, 0.717) is 6.67 Å². The number of fused-ring (bicyclic) bond motifs is 1. The summed E-state index contributed by atoms with van der Waals surface area (Å²) in [5.74, 6) is 0.907. The molecule has 0 bridgehead atoms. The molecule has 0 radical (unpaired) electrons. The smallest absolute Gasteiger partial charge is 0.119 e.